The van der Waals surface area contributed by atoms with E-state index in [1.165, 1.54) is 16.9 Å². The largest absolute Gasteiger partial charge is 0.481 e. The Morgan fingerprint density at radius 2 is 1.81 bits per heavy atom. The molecule has 9 nitrogen and oxygen atoms in total. The molecule has 1 aromatic heterocycles. The first kappa shape index (κ1) is 27.0. The predicted octanol–water partition coefficient (Wildman–Crippen LogP) is 1.83. The van der Waals surface area contributed by atoms with Crippen molar-refractivity contribution in [2.24, 2.45) is 21.6 Å². The average Bonchev–Trinajstić information content (AvgIpc) is 3.13. The summed E-state index contributed by atoms with van der Waals surface area (Å²) in [5.41, 5.74) is 13.6. The van der Waals surface area contributed by atoms with Crippen LogP contribution in [0, 0.1) is 20.8 Å². The van der Waals surface area contributed by atoms with E-state index < -0.39 is 17.0 Å². The standard InChI is InChI=1S/C12H16N4O3S.C9H13NOS/c13-12(14)16-6-1-2-8-3-4-9(20-8)11(19)15-7-5-10(17)18;1-6-4-7(2)9(12(10)11)8(3)5-6/h1-4H,5-7H2,(H,15,19)(H,17,18)(H4,13,14,16);4-5H,10H2,1-3H3/b2-1+;. The second kappa shape index (κ2) is 13.4. The van der Waals surface area contributed by atoms with Crippen molar-refractivity contribution in [2.45, 2.75) is 32.1 Å². The molecule has 2 aromatic rings. The Bertz CT molecular complexity index is 1000. The maximum absolute atomic E-state index is 11.7. The summed E-state index contributed by atoms with van der Waals surface area (Å²) in [5.74, 6) is -1.20. The van der Waals surface area contributed by atoms with Gasteiger partial charge in [0.25, 0.3) is 5.91 Å². The van der Waals surface area contributed by atoms with E-state index in [0.29, 0.717) is 11.4 Å². The highest BCUT2D eigenvalue weighted by Crippen LogP contribution is 2.18. The highest BCUT2D eigenvalue weighted by molar-refractivity contribution is 7.82. The first-order valence-electron chi connectivity index (χ1n) is 9.57. The maximum Gasteiger partial charge on any atom is 0.305 e. The van der Waals surface area contributed by atoms with Gasteiger partial charge in [0.2, 0.25) is 0 Å². The molecule has 11 heteroatoms. The molecule has 0 bridgehead atoms. The van der Waals surface area contributed by atoms with Crippen LogP contribution >= 0.6 is 11.3 Å². The quantitative estimate of drug-likeness (QED) is 0.285. The smallest absolute Gasteiger partial charge is 0.305 e. The Hall–Kier alpha value is -3.02. The lowest BCUT2D eigenvalue weighted by Gasteiger charge is -2.07. The molecule has 1 unspecified atom stereocenters. The van der Waals surface area contributed by atoms with E-state index in [2.05, 4.69) is 10.3 Å². The third kappa shape index (κ3) is 9.86. The molecule has 1 amide bonds. The lowest BCUT2D eigenvalue weighted by molar-refractivity contribution is -0.136. The summed E-state index contributed by atoms with van der Waals surface area (Å²) in [6, 6.07) is 7.46. The molecule has 2 rings (SSSR count). The summed E-state index contributed by atoms with van der Waals surface area (Å²) in [5, 5.41) is 16.3. The van der Waals surface area contributed by atoms with Crippen LogP contribution in [0.25, 0.3) is 6.08 Å². The number of rotatable bonds is 8. The number of thiophene rings is 1. The molecule has 0 fully saturated rings. The van der Waals surface area contributed by atoms with Crippen molar-refractivity contribution >= 4 is 46.2 Å². The van der Waals surface area contributed by atoms with E-state index in [-0.39, 0.29) is 24.8 Å². The molecule has 0 spiro atoms. The first-order valence-corrected chi connectivity index (χ1v) is 11.6. The Kier molecular flexibility index (Phi) is 11.3. The van der Waals surface area contributed by atoms with Crippen molar-refractivity contribution in [3.05, 3.63) is 56.8 Å². The number of carboxylic acid groups (broad SMARTS) is 1. The van der Waals surface area contributed by atoms with Gasteiger partial charge >= 0.3 is 5.97 Å². The second-order valence-electron chi connectivity index (χ2n) is 6.79. The molecule has 1 aromatic carbocycles. The van der Waals surface area contributed by atoms with Crippen molar-refractivity contribution in [1.82, 2.24) is 5.32 Å². The zero-order valence-electron chi connectivity index (χ0n) is 18.3. The fourth-order valence-electron chi connectivity index (χ4n) is 2.75. The van der Waals surface area contributed by atoms with Crippen molar-refractivity contribution in [2.75, 3.05) is 13.1 Å². The minimum absolute atomic E-state index is 0.0272. The molecule has 32 heavy (non-hydrogen) atoms. The van der Waals surface area contributed by atoms with Crippen LogP contribution in [-0.4, -0.2) is 40.2 Å². The number of aliphatic imine (C=N–C) groups is 1. The van der Waals surface area contributed by atoms with Gasteiger partial charge in [0.1, 0.15) is 11.0 Å². The van der Waals surface area contributed by atoms with E-state index in [1.54, 1.807) is 18.2 Å². The zero-order chi connectivity index (χ0) is 24.3. The molecule has 174 valence electrons. The topological polar surface area (TPSA) is 174 Å². The number of nitrogens with zero attached hydrogens (tertiary/aromatic N) is 1. The first-order chi connectivity index (χ1) is 15.0. The van der Waals surface area contributed by atoms with Gasteiger partial charge in [-0.25, -0.2) is 14.3 Å². The molecule has 1 atom stereocenters. The number of guanidine groups is 1. The van der Waals surface area contributed by atoms with Gasteiger partial charge in [0.05, 0.1) is 22.7 Å². The van der Waals surface area contributed by atoms with Gasteiger partial charge in [-0.3, -0.25) is 9.59 Å². The van der Waals surface area contributed by atoms with Crippen LogP contribution in [0.15, 0.2) is 40.2 Å². The highest BCUT2D eigenvalue weighted by Gasteiger charge is 2.08. The van der Waals surface area contributed by atoms with Gasteiger partial charge < -0.3 is 21.9 Å². The fraction of sp³-hybridized carbons (Fsp3) is 0.286. The van der Waals surface area contributed by atoms with Gasteiger partial charge in [0, 0.05) is 11.4 Å². The van der Waals surface area contributed by atoms with Crippen LogP contribution in [0.3, 0.4) is 0 Å². The lowest BCUT2D eigenvalue weighted by atomic mass is 10.1. The molecule has 8 N–H and O–H groups in total. The third-order valence-electron chi connectivity index (χ3n) is 3.94. The van der Waals surface area contributed by atoms with E-state index in [0.717, 1.165) is 20.9 Å². The van der Waals surface area contributed by atoms with Crippen molar-refractivity contribution < 1.29 is 18.9 Å². The highest BCUT2D eigenvalue weighted by atomic mass is 32.2. The fourth-order valence-corrected chi connectivity index (χ4v) is 4.35. The van der Waals surface area contributed by atoms with Crippen LogP contribution in [-0.2, 0) is 15.8 Å². The number of aryl methyl sites for hydroxylation is 3. The Balaban J connectivity index is 0.000000363. The summed E-state index contributed by atoms with van der Waals surface area (Å²) in [4.78, 5) is 28.0. The molecule has 0 saturated heterocycles. The number of benzene rings is 1. The number of hydrogen-bond donors (Lipinski definition) is 5. The van der Waals surface area contributed by atoms with Crippen LogP contribution in [0.2, 0.25) is 0 Å². The Labute approximate surface area is 194 Å². The molecule has 0 aliphatic carbocycles. The average molecular weight is 480 g/mol. The number of hydrogen-bond acceptors (Lipinski definition) is 5. The monoisotopic (exact) mass is 479 g/mol. The van der Waals surface area contributed by atoms with E-state index in [4.69, 9.17) is 21.7 Å². The molecule has 1 heterocycles. The molecular weight excluding hydrogens is 450 g/mol. The van der Waals surface area contributed by atoms with Gasteiger partial charge in [0.15, 0.2) is 5.96 Å². The SMILES string of the molecule is Cc1cc(C)c(S(N)=O)c(C)c1.NC(N)=NC/C=C/c1ccc(C(=O)NCCC(=O)O)s1. The molecule has 0 radical (unpaired) electrons. The summed E-state index contributed by atoms with van der Waals surface area (Å²) in [6.45, 7) is 6.37. The summed E-state index contributed by atoms with van der Waals surface area (Å²) < 4.78 is 11.1. The predicted molar refractivity (Wildman–Crippen MR) is 130 cm³/mol. The van der Waals surface area contributed by atoms with Crippen LogP contribution < -0.4 is 21.9 Å². The molecule has 0 saturated carbocycles. The van der Waals surface area contributed by atoms with Crippen molar-refractivity contribution in [3.8, 4) is 0 Å². The van der Waals surface area contributed by atoms with Crippen LogP contribution in [0.1, 0.15) is 37.7 Å². The number of carbonyl (C=O) groups excluding carboxylic acids is 1. The number of nitrogens with two attached hydrogens (primary N) is 3. The Morgan fingerprint density at radius 3 is 2.34 bits per heavy atom. The Morgan fingerprint density at radius 1 is 1.19 bits per heavy atom. The third-order valence-corrected chi connectivity index (χ3v) is 6.04. The lowest BCUT2D eigenvalue weighted by Crippen LogP contribution is -2.25. The van der Waals surface area contributed by atoms with E-state index in [9.17, 15) is 13.8 Å². The van der Waals surface area contributed by atoms with Gasteiger partial charge in [-0.05, 0) is 50.1 Å². The molecule has 0 aliphatic rings. The van der Waals surface area contributed by atoms with Crippen molar-refractivity contribution in [3.63, 3.8) is 0 Å². The molecular formula is C21H29N5O4S2. The number of nitrogens with one attached hydrogen (secondary N) is 1. The maximum atomic E-state index is 11.7. The number of carbonyl (C=O) groups is 2. The summed E-state index contributed by atoms with van der Waals surface area (Å²) in [6.07, 6.45) is 3.49. The normalized spacial score (nSPS) is 11.4. The van der Waals surface area contributed by atoms with Crippen molar-refractivity contribution in [1.29, 1.82) is 0 Å². The summed E-state index contributed by atoms with van der Waals surface area (Å²) >= 11 is 1.30. The minimum Gasteiger partial charge on any atom is -0.481 e. The summed E-state index contributed by atoms with van der Waals surface area (Å²) in [7, 11) is -1.36. The number of amides is 1. The van der Waals surface area contributed by atoms with E-state index >= 15 is 0 Å². The number of aliphatic carboxylic acids is 1. The van der Waals surface area contributed by atoms with Crippen LogP contribution in [0.4, 0.5) is 0 Å². The van der Waals surface area contributed by atoms with Gasteiger partial charge in [-0.2, -0.15) is 0 Å². The minimum atomic E-state index is -1.36. The van der Waals surface area contributed by atoms with E-state index in [1.807, 2.05) is 39.0 Å². The van der Waals surface area contributed by atoms with Crippen LogP contribution in [0.5, 0.6) is 0 Å². The zero-order valence-corrected chi connectivity index (χ0v) is 19.9. The van der Waals surface area contributed by atoms with Gasteiger partial charge in [-0.15, -0.1) is 11.3 Å². The molecule has 0 aliphatic heterocycles. The second-order valence-corrected chi connectivity index (χ2v) is 8.91. The van der Waals surface area contributed by atoms with Gasteiger partial charge in [-0.1, -0.05) is 23.8 Å². The number of carboxylic acids is 1.